The van der Waals surface area contributed by atoms with E-state index in [1.807, 2.05) is 0 Å². The lowest BCUT2D eigenvalue weighted by Crippen LogP contribution is -2.24. The van der Waals surface area contributed by atoms with Crippen molar-refractivity contribution in [2.45, 2.75) is 12.8 Å². The van der Waals surface area contributed by atoms with Crippen LogP contribution < -0.4 is 23.7 Å². The quantitative estimate of drug-likeness (QED) is 0.706. The van der Waals surface area contributed by atoms with Crippen molar-refractivity contribution in [1.29, 1.82) is 0 Å². The summed E-state index contributed by atoms with van der Waals surface area (Å²) in [6.07, 6.45) is 0.285. The molecule has 0 radical (unpaired) electrons. The molecule has 1 aliphatic heterocycles. The van der Waals surface area contributed by atoms with Crippen LogP contribution >= 0.6 is 0 Å². The molecule has 8 nitrogen and oxygen atoms in total. The van der Waals surface area contributed by atoms with Crippen molar-refractivity contribution in [1.82, 2.24) is 0 Å². The molecule has 158 valence electrons. The summed E-state index contributed by atoms with van der Waals surface area (Å²) in [5, 5.41) is 0. The summed E-state index contributed by atoms with van der Waals surface area (Å²) in [5.74, 6) is 0.991. The molecule has 1 heterocycles. The van der Waals surface area contributed by atoms with Crippen LogP contribution in [-0.4, -0.2) is 47.0 Å². The minimum atomic E-state index is -0.650. The van der Waals surface area contributed by atoms with Gasteiger partial charge in [0.1, 0.15) is 0 Å². The number of fused-ring (bicyclic) bond motifs is 4. The van der Waals surface area contributed by atoms with E-state index in [1.54, 1.807) is 18.2 Å². The molecule has 0 saturated carbocycles. The average Bonchev–Trinajstić information content (AvgIpc) is 3.22. The predicted octanol–water partition coefficient (Wildman–Crippen LogP) is 3.03. The summed E-state index contributed by atoms with van der Waals surface area (Å²) in [6.45, 7) is 0.0765. The molecule has 30 heavy (non-hydrogen) atoms. The van der Waals surface area contributed by atoms with Gasteiger partial charge in [-0.2, -0.15) is 0 Å². The Morgan fingerprint density at radius 1 is 0.900 bits per heavy atom. The first-order valence-electron chi connectivity index (χ1n) is 9.39. The van der Waals surface area contributed by atoms with Crippen molar-refractivity contribution in [2.75, 3.05) is 35.2 Å². The van der Waals surface area contributed by atoms with Gasteiger partial charge in [0.2, 0.25) is 12.5 Å². The third-order valence-electron chi connectivity index (χ3n) is 5.43. The molecule has 0 bridgehead atoms. The van der Waals surface area contributed by atoms with Crippen LogP contribution in [0, 0.1) is 5.92 Å². The zero-order valence-electron chi connectivity index (χ0n) is 17.2. The smallest absolute Gasteiger partial charge is 0.309 e. The number of carbonyl (C=O) groups is 2. The highest BCUT2D eigenvalue weighted by molar-refractivity contribution is 6.06. The van der Waals surface area contributed by atoms with E-state index in [9.17, 15) is 9.59 Å². The van der Waals surface area contributed by atoms with E-state index in [2.05, 4.69) is 0 Å². The summed E-state index contributed by atoms with van der Waals surface area (Å²) in [7, 11) is 5.87. The number of esters is 1. The van der Waals surface area contributed by atoms with Gasteiger partial charge in [0.25, 0.3) is 0 Å². The number of ketones is 1. The van der Waals surface area contributed by atoms with Gasteiger partial charge in [0, 0.05) is 23.1 Å². The maximum absolute atomic E-state index is 13.2. The second-order valence-corrected chi connectivity index (χ2v) is 6.98. The Morgan fingerprint density at radius 2 is 1.57 bits per heavy atom. The Hall–Kier alpha value is -3.42. The Kier molecular flexibility index (Phi) is 5.15. The van der Waals surface area contributed by atoms with Crippen molar-refractivity contribution in [3.05, 3.63) is 29.3 Å². The zero-order chi connectivity index (χ0) is 21.4. The summed E-state index contributed by atoms with van der Waals surface area (Å²) < 4.78 is 32.7. The number of methoxy groups -OCH3 is 4. The lowest BCUT2D eigenvalue weighted by Gasteiger charge is -2.25. The van der Waals surface area contributed by atoms with E-state index in [0.717, 1.165) is 5.56 Å². The highest BCUT2D eigenvalue weighted by atomic mass is 16.7. The third kappa shape index (κ3) is 3.08. The van der Waals surface area contributed by atoms with E-state index < -0.39 is 11.9 Å². The second kappa shape index (κ2) is 7.78. The van der Waals surface area contributed by atoms with Gasteiger partial charge in [0.05, 0.1) is 34.4 Å². The van der Waals surface area contributed by atoms with Gasteiger partial charge in [-0.15, -0.1) is 0 Å². The van der Waals surface area contributed by atoms with Gasteiger partial charge in [-0.1, -0.05) is 0 Å². The summed E-state index contributed by atoms with van der Waals surface area (Å²) in [6, 6.07) is 5.22. The van der Waals surface area contributed by atoms with Crippen LogP contribution in [0.5, 0.6) is 28.7 Å². The monoisotopic (exact) mass is 414 g/mol. The van der Waals surface area contributed by atoms with Gasteiger partial charge < -0.3 is 28.4 Å². The molecule has 1 unspecified atom stereocenters. The number of benzene rings is 2. The molecule has 0 aromatic heterocycles. The van der Waals surface area contributed by atoms with Crippen molar-refractivity contribution >= 4 is 11.8 Å². The Morgan fingerprint density at radius 3 is 2.17 bits per heavy atom. The summed E-state index contributed by atoms with van der Waals surface area (Å²) in [4.78, 5) is 25.6. The standard InChI is InChI=1S/C22H22O8/c1-25-18-7-11-5-12(22(24)28-4)6-15(23)13-8-16-17(30-10-29-16)9-14(13)19(11)21(27-3)20(18)26-2/h7-9,12H,5-6,10H2,1-4H3. The first kappa shape index (κ1) is 19.9. The normalized spacial score (nSPS) is 16.7. The molecule has 2 aliphatic rings. The predicted molar refractivity (Wildman–Crippen MR) is 106 cm³/mol. The Balaban J connectivity index is 2.05. The fourth-order valence-electron chi connectivity index (χ4n) is 4.05. The van der Waals surface area contributed by atoms with E-state index in [0.29, 0.717) is 45.4 Å². The maximum atomic E-state index is 13.2. The van der Waals surface area contributed by atoms with Gasteiger partial charge in [-0.25, -0.2) is 0 Å². The molecular formula is C22H22O8. The summed E-state index contributed by atoms with van der Waals surface area (Å²) >= 11 is 0. The van der Waals surface area contributed by atoms with Crippen molar-refractivity contribution < 1.29 is 38.0 Å². The number of Topliss-reactive ketones (excluding diaryl/α,β-unsaturated/α-hetero) is 1. The number of ether oxygens (including phenoxy) is 6. The van der Waals surface area contributed by atoms with Crippen molar-refractivity contribution in [2.24, 2.45) is 5.92 Å². The molecular weight excluding hydrogens is 392 g/mol. The highest BCUT2D eigenvalue weighted by Gasteiger charge is 2.34. The van der Waals surface area contributed by atoms with E-state index >= 15 is 0 Å². The van der Waals surface area contributed by atoms with E-state index in [4.69, 9.17) is 28.4 Å². The van der Waals surface area contributed by atoms with Crippen LogP contribution in [0.2, 0.25) is 0 Å². The topological polar surface area (TPSA) is 89.5 Å². The minimum Gasteiger partial charge on any atom is -0.493 e. The Labute approximate surface area is 173 Å². The lowest BCUT2D eigenvalue weighted by molar-refractivity contribution is -0.145. The third-order valence-corrected chi connectivity index (χ3v) is 5.43. The first-order valence-corrected chi connectivity index (χ1v) is 9.39. The minimum absolute atomic E-state index is 0.00934. The van der Waals surface area contributed by atoms with Crippen LogP contribution in [0.15, 0.2) is 18.2 Å². The molecule has 0 fully saturated rings. The second-order valence-electron chi connectivity index (χ2n) is 6.98. The number of carbonyl (C=O) groups excluding carboxylic acids is 2. The van der Waals surface area contributed by atoms with Crippen LogP contribution in [0.4, 0.5) is 0 Å². The first-order chi connectivity index (χ1) is 14.5. The molecule has 2 aromatic rings. The average molecular weight is 414 g/mol. The molecule has 1 atom stereocenters. The van der Waals surface area contributed by atoms with Crippen LogP contribution in [0.3, 0.4) is 0 Å². The largest absolute Gasteiger partial charge is 0.493 e. The molecule has 0 amide bonds. The Bertz CT molecular complexity index is 1030. The van der Waals surface area contributed by atoms with Gasteiger partial charge in [-0.05, 0) is 30.2 Å². The molecule has 1 aliphatic carbocycles. The van der Waals surface area contributed by atoms with E-state index in [1.165, 1.54) is 28.4 Å². The highest BCUT2D eigenvalue weighted by Crippen LogP contribution is 2.51. The number of hydrogen-bond acceptors (Lipinski definition) is 8. The zero-order valence-corrected chi connectivity index (χ0v) is 17.2. The molecule has 0 saturated heterocycles. The van der Waals surface area contributed by atoms with Crippen molar-refractivity contribution in [3.63, 3.8) is 0 Å². The van der Waals surface area contributed by atoms with Crippen LogP contribution in [-0.2, 0) is 16.0 Å². The fourth-order valence-corrected chi connectivity index (χ4v) is 4.05. The van der Waals surface area contributed by atoms with Gasteiger partial charge in [0.15, 0.2) is 28.8 Å². The molecule has 0 N–H and O–H groups in total. The van der Waals surface area contributed by atoms with Crippen LogP contribution in [0.25, 0.3) is 11.1 Å². The number of hydrogen-bond donors (Lipinski definition) is 0. The van der Waals surface area contributed by atoms with E-state index in [-0.39, 0.29) is 25.4 Å². The SMILES string of the molecule is COC(=O)C1CC(=O)c2cc3c(cc2-c2c(cc(OC)c(OC)c2OC)C1)OCO3. The summed E-state index contributed by atoms with van der Waals surface area (Å²) in [5.41, 5.74) is 2.46. The molecule has 0 spiro atoms. The lowest BCUT2D eigenvalue weighted by atomic mass is 9.81. The molecule has 4 rings (SSSR count). The van der Waals surface area contributed by atoms with Crippen LogP contribution in [0.1, 0.15) is 22.3 Å². The maximum Gasteiger partial charge on any atom is 0.309 e. The molecule has 2 aromatic carbocycles. The van der Waals surface area contributed by atoms with Crippen molar-refractivity contribution in [3.8, 4) is 39.9 Å². The fraction of sp³-hybridized carbons (Fsp3) is 0.364. The molecule has 8 heteroatoms. The number of rotatable bonds is 4. The van der Waals surface area contributed by atoms with Gasteiger partial charge in [-0.3, -0.25) is 9.59 Å². The van der Waals surface area contributed by atoms with Gasteiger partial charge >= 0.3 is 5.97 Å².